The van der Waals surface area contributed by atoms with Gasteiger partial charge in [-0.15, -0.1) is 0 Å². The van der Waals surface area contributed by atoms with Crippen molar-refractivity contribution in [2.24, 2.45) is 11.8 Å². The summed E-state index contributed by atoms with van der Waals surface area (Å²) in [6.45, 7) is 3.29. The predicted molar refractivity (Wildman–Crippen MR) is 115 cm³/mol. The van der Waals surface area contributed by atoms with Crippen molar-refractivity contribution in [2.45, 2.75) is 32.2 Å². The molecule has 1 aliphatic carbocycles. The van der Waals surface area contributed by atoms with Crippen LogP contribution < -0.4 is 4.74 Å². The van der Waals surface area contributed by atoms with Gasteiger partial charge in [-0.3, -0.25) is 4.79 Å². The van der Waals surface area contributed by atoms with Gasteiger partial charge in [0.2, 0.25) is 5.88 Å². The molecule has 3 atom stereocenters. The number of hydrogen-bond acceptors (Lipinski definition) is 6. The Morgan fingerprint density at radius 2 is 1.90 bits per heavy atom. The Hall–Kier alpha value is -3.35. The number of hydrogen-bond donors (Lipinski definition) is 0. The van der Waals surface area contributed by atoms with Crippen molar-refractivity contribution in [1.82, 2.24) is 24.8 Å². The maximum absolute atomic E-state index is 13.6. The lowest BCUT2D eigenvalue weighted by molar-refractivity contribution is -0.00502. The molecule has 0 N–H and O–H groups in total. The molecule has 0 aromatic carbocycles. The summed E-state index contributed by atoms with van der Waals surface area (Å²) >= 11 is 0. The van der Waals surface area contributed by atoms with Gasteiger partial charge in [0.05, 0.1) is 12.2 Å². The van der Waals surface area contributed by atoms with Gasteiger partial charge in [0.25, 0.3) is 5.91 Å². The second-order valence-electron chi connectivity index (χ2n) is 8.34. The molecular weight excluding hydrogens is 390 g/mol. The molecule has 5 heterocycles. The van der Waals surface area contributed by atoms with E-state index in [4.69, 9.17) is 4.74 Å². The van der Waals surface area contributed by atoms with Gasteiger partial charge in [-0.05, 0) is 62.3 Å². The smallest absolute Gasteiger partial charge is 0.273 e. The molecule has 2 saturated heterocycles. The molecule has 158 valence electrons. The van der Waals surface area contributed by atoms with Crippen LogP contribution in [0.1, 0.15) is 35.4 Å². The summed E-state index contributed by atoms with van der Waals surface area (Å²) in [6, 6.07) is 11.5. The Morgan fingerprint density at radius 1 is 1.06 bits per heavy atom. The van der Waals surface area contributed by atoms with Crippen LogP contribution in [0.2, 0.25) is 0 Å². The van der Waals surface area contributed by atoms with Crippen molar-refractivity contribution >= 4 is 5.91 Å². The number of nitrogens with zero attached hydrogens (tertiary/aromatic N) is 5. The van der Waals surface area contributed by atoms with Crippen LogP contribution in [0.5, 0.6) is 5.88 Å². The standard InChI is InChI=1S/C24H25N5O2/c1-16-6-9-20(23-26-11-4-12-27-23)22(28-16)24(30)29-14-17-7-8-19(29)13-18(17)15-31-21-5-2-3-10-25-21/h2-6,9-12,17-19H,7-8,13-15H2,1H3. The highest BCUT2D eigenvalue weighted by molar-refractivity contribution is 5.98. The molecular formula is C24H25N5O2. The van der Waals surface area contributed by atoms with Gasteiger partial charge in [-0.25, -0.2) is 19.9 Å². The zero-order valence-corrected chi connectivity index (χ0v) is 17.5. The summed E-state index contributed by atoms with van der Waals surface area (Å²) in [5.41, 5.74) is 1.94. The number of ether oxygens (including phenoxy) is 1. The maximum Gasteiger partial charge on any atom is 0.273 e. The lowest BCUT2D eigenvalue weighted by Crippen LogP contribution is -2.55. The molecule has 7 heteroatoms. The van der Waals surface area contributed by atoms with Crippen molar-refractivity contribution in [3.8, 4) is 17.3 Å². The van der Waals surface area contributed by atoms with Crippen LogP contribution in [0.3, 0.4) is 0 Å². The third-order valence-corrected chi connectivity index (χ3v) is 6.37. The summed E-state index contributed by atoms with van der Waals surface area (Å²) < 4.78 is 5.93. The maximum atomic E-state index is 13.6. The van der Waals surface area contributed by atoms with Crippen LogP contribution in [0.15, 0.2) is 55.0 Å². The van der Waals surface area contributed by atoms with Crippen LogP contribution in [0.25, 0.3) is 11.4 Å². The molecule has 3 aliphatic rings. The number of carbonyl (C=O) groups excluding carboxylic acids is 1. The van der Waals surface area contributed by atoms with Crippen molar-refractivity contribution in [3.63, 3.8) is 0 Å². The summed E-state index contributed by atoms with van der Waals surface area (Å²) in [5, 5.41) is 0. The average Bonchev–Trinajstić information content (AvgIpc) is 2.84. The fraction of sp³-hybridized carbons (Fsp3) is 0.375. The normalized spacial score (nSPS) is 22.4. The van der Waals surface area contributed by atoms with Crippen molar-refractivity contribution in [1.29, 1.82) is 0 Å². The van der Waals surface area contributed by atoms with Crippen molar-refractivity contribution in [3.05, 3.63) is 66.4 Å². The Bertz CT molecular complexity index is 1060. The number of carbonyl (C=O) groups is 1. The molecule has 7 nitrogen and oxygen atoms in total. The zero-order chi connectivity index (χ0) is 21.2. The van der Waals surface area contributed by atoms with E-state index < -0.39 is 0 Å². The van der Waals surface area contributed by atoms with E-state index in [0.717, 1.165) is 31.5 Å². The first kappa shape index (κ1) is 19.6. The molecule has 3 fully saturated rings. The summed E-state index contributed by atoms with van der Waals surface area (Å²) in [5.74, 6) is 2.03. The number of amides is 1. The van der Waals surface area contributed by atoms with E-state index in [2.05, 4.69) is 19.9 Å². The number of pyridine rings is 2. The highest BCUT2D eigenvalue weighted by Crippen LogP contribution is 2.40. The van der Waals surface area contributed by atoms with Crippen molar-refractivity contribution in [2.75, 3.05) is 13.2 Å². The Kier molecular flexibility index (Phi) is 5.32. The second-order valence-corrected chi connectivity index (χ2v) is 8.34. The first-order valence-electron chi connectivity index (χ1n) is 10.8. The Balaban J connectivity index is 1.33. The number of aromatic nitrogens is 4. The van der Waals surface area contributed by atoms with Gasteiger partial charge in [0.1, 0.15) is 5.69 Å². The van der Waals surface area contributed by atoms with Gasteiger partial charge in [-0.1, -0.05) is 6.07 Å². The number of rotatable bonds is 5. The zero-order valence-electron chi connectivity index (χ0n) is 17.5. The van der Waals surface area contributed by atoms with Gasteiger partial charge in [0.15, 0.2) is 5.82 Å². The van der Waals surface area contributed by atoms with Gasteiger partial charge in [-0.2, -0.15) is 0 Å². The largest absolute Gasteiger partial charge is 0.477 e. The molecule has 3 aromatic rings. The molecule has 0 spiro atoms. The van der Waals surface area contributed by atoms with E-state index in [1.807, 2.05) is 42.2 Å². The Morgan fingerprint density at radius 3 is 2.65 bits per heavy atom. The third kappa shape index (κ3) is 4.00. The van der Waals surface area contributed by atoms with Gasteiger partial charge < -0.3 is 9.64 Å². The van der Waals surface area contributed by atoms with Crippen LogP contribution >= 0.6 is 0 Å². The monoisotopic (exact) mass is 415 g/mol. The van der Waals surface area contributed by atoms with Crippen LogP contribution in [-0.4, -0.2) is 49.9 Å². The van der Waals surface area contributed by atoms with Crippen LogP contribution in [-0.2, 0) is 0 Å². The van der Waals surface area contributed by atoms with E-state index in [1.165, 1.54) is 0 Å². The van der Waals surface area contributed by atoms with E-state index in [-0.39, 0.29) is 11.9 Å². The molecule has 3 aromatic heterocycles. The molecule has 1 saturated carbocycles. The number of aryl methyl sites for hydroxylation is 1. The van der Waals surface area contributed by atoms with Crippen molar-refractivity contribution < 1.29 is 9.53 Å². The average molecular weight is 415 g/mol. The minimum atomic E-state index is -0.0232. The first-order chi connectivity index (χ1) is 15.2. The lowest BCUT2D eigenvalue weighted by atomic mass is 9.72. The Labute approximate surface area is 181 Å². The SMILES string of the molecule is Cc1ccc(-c2ncccn2)c(C(=O)N2CC3CCC2CC3COc2ccccn2)n1. The summed E-state index contributed by atoms with van der Waals surface area (Å²) in [4.78, 5) is 33.1. The number of piperidine rings is 2. The van der Waals surface area contributed by atoms with E-state index in [1.54, 1.807) is 24.7 Å². The van der Waals surface area contributed by atoms with E-state index in [9.17, 15) is 4.79 Å². The highest BCUT2D eigenvalue weighted by Gasteiger charge is 2.43. The lowest BCUT2D eigenvalue weighted by Gasteiger charge is -2.49. The highest BCUT2D eigenvalue weighted by atomic mass is 16.5. The molecule has 1 amide bonds. The van der Waals surface area contributed by atoms with Gasteiger partial charge in [0, 0.05) is 42.9 Å². The van der Waals surface area contributed by atoms with E-state index >= 15 is 0 Å². The van der Waals surface area contributed by atoms with E-state index in [0.29, 0.717) is 41.4 Å². The fourth-order valence-electron chi connectivity index (χ4n) is 4.78. The minimum Gasteiger partial charge on any atom is -0.477 e. The first-order valence-corrected chi connectivity index (χ1v) is 10.8. The fourth-order valence-corrected chi connectivity index (χ4v) is 4.78. The summed E-state index contributed by atoms with van der Waals surface area (Å²) in [7, 11) is 0. The molecule has 0 radical (unpaired) electrons. The predicted octanol–water partition coefficient (Wildman–Crippen LogP) is 3.56. The number of fused-ring (bicyclic) bond motifs is 3. The second kappa shape index (κ2) is 8.41. The molecule has 31 heavy (non-hydrogen) atoms. The minimum absolute atomic E-state index is 0.0232. The van der Waals surface area contributed by atoms with Crippen LogP contribution in [0.4, 0.5) is 0 Å². The van der Waals surface area contributed by atoms with Crippen LogP contribution in [0, 0.1) is 18.8 Å². The third-order valence-electron chi connectivity index (χ3n) is 6.37. The van der Waals surface area contributed by atoms with Gasteiger partial charge >= 0.3 is 0 Å². The molecule has 6 rings (SSSR count). The summed E-state index contributed by atoms with van der Waals surface area (Å²) in [6.07, 6.45) is 8.22. The quantitative estimate of drug-likeness (QED) is 0.634. The molecule has 3 unspecified atom stereocenters. The molecule has 2 bridgehead atoms. The molecule has 2 aliphatic heterocycles. The topological polar surface area (TPSA) is 81.1 Å².